The molecule has 1 amide bonds. The van der Waals surface area contributed by atoms with E-state index in [0.29, 0.717) is 31.1 Å². The van der Waals surface area contributed by atoms with Crippen LogP contribution in [0.15, 0.2) is 42.6 Å². The molecule has 1 fully saturated rings. The summed E-state index contributed by atoms with van der Waals surface area (Å²) in [6.07, 6.45) is 3.74. The zero-order valence-electron chi connectivity index (χ0n) is 20.4. The average Bonchev–Trinajstić information content (AvgIpc) is 3.32. The Morgan fingerprint density at radius 3 is 2.83 bits per heavy atom. The summed E-state index contributed by atoms with van der Waals surface area (Å²) in [6.45, 7) is 7.51. The number of aryl methyl sites for hydroxylation is 1. The van der Waals surface area contributed by atoms with Crippen LogP contribution in [0, 0.1) is 12.7 Å². The summed E-state index contributed by atoms with van der Waals surface area (Å²) in [5.74, 6) is -0.816. The van der Waals surface area contributed by atoms with E-state index in [1.165, 1.54) is 12.1 Å². The van der Waals surface area contributed by atoms with Gasteiger partial charge in [0.25, 0.3) is 5.91 Å². The van der Waals surface area contributed by atoms with Crippen molar-refractivity contribution < 1.29 is 23.8 Å². The Morgan fingerprint density at radius 1 is 1.29 bits per heavy atom. The molecule has 8 heteroatoms. The van der Waals surface area contributed by atoms with E-state index in [0.717, 1.165) is 41.5 Å². The Bertz CT molecular complexity index is 1200. The van der Waals surface area contributed by atoms with Crippen molar-refractivity contribution in [1.29, 1.82) is 0 Å². The maximum atomic E-state index is 14.7. The number of ether oxygens (including phenoxy) is 2. The van der Waals surface area contributed by atoms with Crippen LogP contribution in [0.5, 0.6) is 5.75 Å². The topological polar surface area (TPSA) is 92.7 Å². The van der Waals surface area contributed by atoms with Gasteiger partial charge in [0, 0.05) is 43.0 Å². The Hall–Kier alpha value is -3.07. The Labute approximate surface area is 204 Å². The molecule has 3 N–H and O–H groups in total. The molecule has 0 bridgehead atoms. The van der Waals surface area contributed by atoms with E-state index in [4.69, 9.17) is 9.47 Å². The Balaban J connectivity index is 1.42. The molecule has 35 heavy (non-hydrogen) atoms. The zero-order chi connectivity index (χ0) is 25.0. The molecule has 0 saturated carbocycles. The van der Waals surface area contributed by atoms with Crippen LogP contribution in [-0.4, -0.2) is 47.5 Å². The van der Waals surface area contributed by atoms with E-state index in [1.807, 2.05) is 19.1 Å². The maximum absolute atomic E-state index is 14.7. The smallest absolute Gasteiger partial charge is 0.258 e. The summed E-state index contributed by atoms with van der Waals surface area (Å²) in [6, 6.07) is 9.94. The molecule has 1 saturated heterocycles. The summed E-state index contributed by atoms with van der Waals surface area (Å²) in [5.41, 5.74) is 2.26. The molecule has 2 aromatic carbocycles. The maximum Gasteiger partial charge on any atom is 0.258 e. The summed E-state index contributed by atoms with van der Waals surface area (Å²) >= 11 is 0. The number of aliphatic hydroxyl groups is 1. The quantitative estimate of drug-likeness (QED) is 0.421. The lowest BCUT2D eigenvalue weighted by atomic mass is 10.1. The summed E-state index contributed by atoms with van der Waals surface area (Å²) < 4.78 is 25.8. The van der Waals surface area contributed by atoms with Crippen LogP contribution in [0.3, 0.4) is 0 Å². The molecule has 1 aliphatic heterocycles. The molecule has 0 aliphatic carbocycles. The number of nitrogens with one attached hydrogen (secondary N) is 2. The molecule has 4 rings (SSSR count). The van der Waals surface area contributed by atoms with Gasteiger partial charge in [-0.1, -0.05) is 6.07 Å². The first-order chi connectivity index (χ1) is 16.7. The SMILES string of the molecule is Cc1c(NC(=O)c2ccc(OC[C@@H]3CCCO3)cc2F)ccc2cc(CNCC(C)(C)O)cnc12. The van der Waals surface area contributed by atoms with Gasteiger partial charge in [-0.3, -0.25) is 9.78 Å². The van der Waals surface area contributed by atoms with Gasteiger partial charge in [-0.15, -0.1) is 0 Å². The number of nitrogens with zero attached hydrogens (tertiary/aromatic N) is 1. The number of rotatable bonds is 9. The van der Waals surface area contributed by atoms with Crippen molar-refractivity contribution in [3.05, 3.63) is 65.1 Å². The summed E-state index contributed by atoms with van der Waals surface area (Å²) in [4.78, 5) is 17.4. The summed E-state index contributed by atoms with van der Waals surface area (Å²) in [5, 5.41) is 16.8. The minimum Gasteiger partial charge on any atom is -0.491 e. The molecule has 186 valence electrons. The molecule has 1 atom stereocenters. The van der Waals surface area contributed by atoms with Crippen LogP contribution >= 0.6 is 0 Å². The van der Waals surface area contributed by atoms with Crippen molar-refractivity contribution in [3.63, 3.8) is 0 Å². The van der Waals surface area contributed by atoms with Gasteiger partial charge in [-0.05, 0) is 69.0 Å². The predicted molar refractivity (Wildman–Crippen MR) is 133 cm³/mol. The van der Waals surface area contributed by atoms with Gasteiger partial charge in [-0.25, -0.2) is 4.39 Å². The molecule has 0 spiro atoms. The second-order valence-electron chi connectivity index (χ2n) is 9.61. The van der Waals surface area contributed by atoms with Crippen LogP contribution in [-0.2, 0) is 11.3 Å². The fourth-order valence-corrected chi connectivity index (χ4v) is 4.06. The third-order valence-electron chi connectivity index (χ3n) is 5.94. The number of aromatic nitrogens is 1. The molecule has 3 aromatic rings. The highest BCUT2D eigenvalue weighted by atomic mass is 19.1. The lowest BCUT2D eigenvalue weighted by Crippen LogP contribution is -2.34. The lowest BCUT2D eigenvalue weighted by Gasteiger charge is -2.17. The number of hydrogen-bond acceptors (Lipinski definition) is 6. The highest BCUT2D eigenvalue weighted by molar-refractivity contribution is 6.06. The normalized spacial score (nSPS) is 16.0. The zero-order valence-corrected chi connectivity index (χ0v) is 20.4. The first-order valence-corrected chi connectivity index (χ1v) is 11.9. The largest absolute Gasteiger partial charge is 0.491 e. The summed E-state index contributed by atoms with van der Waals surface area (Å²) in [7, 11) is 0. The van der Waals surface area contributed by atoms with Gasteiger partial charge >= 0.3 is 0 Å². The minimum absolute atomic E-state index is 0.0329. The van der Waals surface area contributed by atoms with E-state index in [2.05, 4.69) is 15.6 Å². The second-order valence-corrected chi connectivity index (χ2v) is 9.61. The first kappa shape index (κ1) is 25.0. The third-order valence-corrected chi connectivity index (χ3v) is 5.94. The molecule has 0 unspecified atom stereocenters. The van der Waals surface area contributed by atoms with Gasteiger partial charge in [-0.2, -0.15) is 0 Å². The number of benzene rings is 2. The third kappa shape index (κ3) is 6.54. The predicted octanol–water partition coefficient (Wildman–Crippen LogP) is 4.35. The van der Waals surface area contributed by atoms with Crippen molar-refractivity contribution in [2.75, 3.05) is 25.1 Å². The molecule has 1 aromatic heterocycles. The lowest BCUT2D eigenvalue weighted by molar-refractivity contribution is 0.0678. The molecule has 2 heterocycles. The highest BCUT2D eigenvalue weighted by Gasteiger charge is 2.18. The van der Waals surface area contributed by atoms with Crippen molar-refractivity contribution >= 4 is 22.5 Å². The number of hydrogen-bond donors (Lipinski definition) is 3. The number of anilines is 1. The van der Waals surface area contributed by atoms with E-state index >= 15 is 0 Å². The Morgan fingerprint density at radius 2 is 2.11 bits per heavy atom. The number of fused-ring (bicyclic) bond motifs is 1. The fourth-order valence-electron chi connectivity index (χ4n) is 4.06. The standard InChI is InChI=1S/C27H32FN3O4/c1-17-24(9-6-19-11-18(14-30-25(17)19)13-29-16-27(2,3)33)31-26(32)22-8-7-20(12-23(22)28)35-15-21-5-4-10-34-21/h6-9,11-12,14,21,29,33H,4-5,10,13,15-16H2,1-3H3,(H,31,32)/t21-/m0/s1. The number of carbonyl (C=O) groups excluding carboxylic acids is 1. The molecular formula is C27H32FN3O4. The van der Waals surface area contributed by atoms with Crippen LogP contribution in [0.1, 0.15) is 48.2 Å². The van der Waals surface area contributed by atoms with Crippen LogP contribution in [0.4, 0.5) is 10.1 Å². The Kier molecular flexibility index (Phi) is 7.64. The fraction of sp³-hybridized carbons (Fsp3) is 0.407. The van der Waals surface area contributed by atoms with Crippen LogP contribution < -0.4 is 15.4 Å². The van der Waals surface area contributed by atoms with Crippen LogP contribution in [0.25, 0.3) is 10.9 Å². The highest BCUT2D eigenvalue weighted by Crippen LogP contribution is 2.26. The second kappa shape index (κ2) is 10.7. The van der Waals surface area contributed by atoms with E-state index in [1.54, 1.807) is 32.2 Å². The molecule has 0 radical (unpaired) electrons. The van der Waals surface area contributed by atoms with Gasteiger partial charge in [0.05, 0.1) is 22.8 Å². The van der Waals surface area contributed by atoms with Crippen LogP contribution in [0.2, 0.25) is 0 Å². The van der Waals surface area contributed by atoms with E-state index in [-0.39, 0.29) is 11.7 Å². The van der Waals surface area contributed by atoms with Crippen molar-refractivity contribution in [2.24, 2.45) is 0 Å². The first-order valence-electron chi connectivity index (χ1n) is 11.9. The van der Waals surface area contributed by atoms with Crippen molar-refractivity contribution in [1.82, 2.24) is 10.3 Å². The van der Waals surface area contributed by atoms with Gasteiger partial charge in [0.1, 0.15) is 18.2 Å². The minimum atomic E-state index is -0.786. The number of carbonyl (C=O) groups is 1. The monoisotopic (exact) mass is 481 g/mol. The van der Waals surface area contributed by atoms with Crippen molar-refractivity contribution in [2.45, 2.75) is 51.9 Å². The van der Waals surface area contributed by atoms with E-state index < -0.39 is 17.3 Å². The average molecular weight is 482 g/mol. The molecular weight excluding hydrogens is 449 g/mol. The molecule has 7 nitrogen and oxygen atoms in total. The van der Waals surface area contributed by atoms with Gasteiger partial charge in [0.15, 0.2) is 0 Å². The number of halogens is 1. The van der Waals surface area contributed by atoms with Crippen molar-refractivity contribution in [3.8, 4) is 5.75 Å². The molecule has 1 aliphatic rings. The number of pyridine rings is 1. The van der Waals surface area contributed by atoms with Gasteiger partial charge in [0.2, 0.25) is 0 Å². The van der Waals surface area contributed by atoms with E-state index in [9.17, 15) is 14.3 Å². The number of amides is 1. The van der Waals surface area contributed by atoms with Gasteiger partial charge < -0.3 is 25.2 Å².